The second kappa shape index (κ2) is 5.52. The van der Waals surface area contributed by atoms with Crippen LogP contribution in [-0.4, -0.2) is 23.5 Å². The number of carbonyl (C=O) groups is 2. The molecule has 0 aromatic carbocycles. The number of rotatable bonds is 5. The molecular weight excluding hydrogens is 222 g/mol. The summed E-state index contributed by atoms with van der Waals surface area (Å²) in [6, 6.07) is 1.22. The zero-order chi connectivity index (χ0) is 13.0. The van der Waals surface area contributed by atoms with Crippen LogP contribution >= 0.6 is 0 Å². The van der Waals surface area contributed by atoms with Crippen LogP contribution in [0, 0.1) is 11.8 Å². The fraction of sp³-hybridized carbons (Fsp3) is 0.500. The minimum absolute atomic E-state index is 0.0212. The minimum atomic E-state index is -1.11. The Labute approximate surface area is 99.8 Å². The van der Waals surface area contributed by atoms with Crippen LogP contribution in [0.2, 0.25) is 0 Å². The van der Waals surface area contributed by atoms with Gasteiger partial charge in [0.25, 0.3) is 5.91 Å². The van der Waals surface area contributed by atoms with Crippen molar-refractivity contribution in [1.82, 2.24) is 5.32 Å². The van der Waals surface area contributed by atoms with Crippen LogP contribution < -0.4 is 5.32 Å². The second-order valence-electron chi connectivity index (χ2n) is 4.44. The Balaban J connectivity index is 2.55. The van der Waals surface area contributed by atoms with E-state index in [2.05, 4.69) is 19.2 Å². The van der Waals surface area contributed by atoms with Gasteiger partial charge in [-0.25, -0.2) is 4.79 Å². The maximum atomic E-state index is 11.6. The zero-order valence-electron chi connectivity index (χ0n) is 10.2. The molecule has 17 heavy (non-hydrogen) atoms. The summed E-state index contributed by atoms with van der Waals surface area (Å²) in [6.07, 6.45) is 1.06. The standard InChI is InChI=1S/C12H17NO4/c1-7(2)8(3)5-13-11(14)10-4-9(6-17-10)12(15)16/h4,6-8H,5H2,1-3H3,(H,13,14)(H,15,16). The fourth-order valence-electron chi connectivity index (χ4n) is 1.14. The summed E-state index contributed by atoms with van der Waals surface area (Å²) in [5, 5.41) is 11.4. The predicted molar refractivity (Wildman–Crippen MR) is 62.0 cm³/mol. The Morgan fingerprint density at radius 1 is 1.41 bits per heavy atom. The quantitative estimate of drug-likeness (QED) is 0.823. The first-order valence-corrected chi connectivity index (χ1v) is 5.51. The van der Waals surface area contributed by atoms with Gasteiger partial charge < -0.3 is 14.8 Å². The van der Waals surface area contributed by atoms with Gasteiger partial charge >= 0.3 is 5.97 Å². The predicted octanol–water partition coefficient (Wildman–Crippen LogP) is 2.00. The van der Waals surface area contributed by atoms with Gasteiger partial charge in [-0.1, -0.05) is 20.8 Å². The third-order valence-electron chi connectivity index (χ3n) is 2.79. The molecule has 0 saturated carbocycles. The van der Waals surface area contributed by atoms with Gasteiger partial charge in [-0.05, 0) is 11.8 Å². The third kappa shape index (κ3) is 3.62. The summed E-state index contributed by atoms with van der Waals surface area (Å²) in [5.41, 5.74) is -0.0212. The first kappa shape index (κ1) is 13.3. The molecule has 2 N–H and O–H groups in total. The molecule has 94 valence electrons. The van der Waals surface area contributed by atoms with E-state index in [-0.39, 0.29) is 17.2 Å². The lowest BCUT2D eigenvalue weighted by molar-refractivity contribution is 0.0696. The Kier molecular flexibility index (Phi) is 4.31. The van der Waals surface area contributed by atoms with Crippen molar-refractivity contribution in [3.8, 4) is 0 Å². The van der Waals surface area contributed by atoms with Crippen molar-refractivity contribution in [3.63, 3.8) is 0 Å². The number of carbonyl (C=O) groups excluding carboxylic acids is 1. The summed E-state index contributed by atoms with van der Waals surface area (Å²) in [7, 11) is 0. The van der Waals surface area contributed by atoms with Crippen molar-refractivity contribution >= 4 is 11.9 Å². The lowest BCUT2D eigenvalue weighted by Crippen LogP contribution is -2.29. The molecular formula is C12H17NO4. The minimum Gasteiger partial charge on any atom is -0.478 e. The van der Waals surface area contributed by atoms with Crippen molar-refractivity contribution in [2.75, 3.05) is 6.54 Å². The summed E-state index contributed by atoms with van der Waals surface area (Å²) < 4.78 is 4.89. The van der Waals surface area contributed by atoms with Crippen LogP contribution in [0.5, 0.6) is 0 Å². The smallest absolute Gasteiger partial charge is 0.338 e. The van der Waals surface area contributed by atoms with Gasteiger partial charge in [-0.2, -0.15) is 0 Å². The molecule has 1 amide bonds. The van der Waals surface area contributed by atoms with Crippen LogP contribution in [0.4, 0.5) is 0 Å². The van der Waals surface area contributed by atoms with E-state index < -0.39 is 5.97 Å². The maximum absolute atomic E-state index is 11.6. The molecule has 0 saturated heterocycles. The Morgan fingerprint density at radius 3 is 2.53 bits per heavy atom. The SMILES string of the molecule is CC(C)C(C)CNC(=O)c1cc(C(=O)O)co1. The zero-order valence-corrected chi connectivity index (χ0v) is 10.2. The number of carboxylic acids is 1. The van der Waals surface area contributed by atoms with Gasteiger partial charge in [0.05, 0.1) is 5.56 Å². The number of amides is 1. The van der Waals surface area contributed by atoms with Crippen molar-refractivity contribution in [3.05, 3.63) is 23.7 Å². The average molecular weight is 239 g/mol. The molecule has 0 aliphatic carbocycles. The monoisotopic (exact) mass is 239 g/mol. The molecule has 0 spiro atoms. The summed E-state index contributed by atoms with van der Waals surface area (Å²) >= 11 is 0. The highest BCUT2D eigenvalue weighted by molar-refractivity contribution is 5.95. The van der Waals surface area contributed by atoms with Crippen molar-refractivity contribution in [2.45, 2.75) is 20.8 Å². The summed E-state index contributed by atoms with van der Waals surface area (Å²) in [5.74, 6) is -0.638. The fourth-order valence-corrected chi connectivity index (χ4v) is 1.14. The number of hydrogen-bond donors (Lipinski definition) is 2. The molecule has 1 unspecified atom stereocenters. The van der Waals surface area contributed by atoms with E-state index in [1.165, 1.54) is 6.07 Å². The molecule has 1 aromatic heterocycles. The first-order valence-electron chi connectivity index (χ1n) is 5.51. The first-order chi connectivity index (χ1) is 7.91. The highest BCUT2D eigenvalue weighted by Crippen LogP contribution is 2.10. The average Bonchev–Trinajstić information content (AvgIpc) is 2.74. The van der Waals surface area contributed by atoms with Crippen molar-refractivity contribution in [2.24, 2.45) is 11.8 Å². The third-order valence-corrected chi connectivity index (χ3v) is 2.79. The summed E-state index contributed by atoms with van der Waals surface area (Å²) in [4.78, 5) is 22.2. The Hall–Kier alpha value is -1.78. The molecule has 5 heteroatoms. The van der Waals surface area contributed by atoms with Gasteiger partial charge in [0.1, 0.15) is 6.26 Å². The molecule has 1 heterocycles. The second-order valence-corrected chi connectivity index (χ2v) is 4.44. The van der Waals surface area contributed by atoms with Gasteiger partial charge in [-0.15, -0.1) is 0 Å². The highest BCUT2D eigenvalue weighted by Gasteiger charge is 2.15. The van der Waals surface area contributed by atoms with Gasteiger partial charge in [0.2, 0.25) is 0 Å². The lowest BCUT2D eigenvalue weighted by atomic mass is 9.98. The number of aromatic carboxylic acids is 1. The van der Waals surface area contributed by atoms with Crippen LogP contribution in [-0.2, 0) is 0 Å². The Morgan fingerprint density at radius 2 is 2.06 bits per heavy atom. The maximum Gasteiger partial charge on any atom is 0.338 e. The topological polar surface area (TPSA) is 79.5 Å². The van der Waals surface area contributed by atoms with Gasteiger partial charge in [-0.3, -0.25) is 4.79 Å². The van der Waals surface area contributed by atoms with E-state index in [0.29, 0.717) is 18.4 Å². The molecule has 0 aliphatic heterocycles. The Bertz CT molecular complexity index is 408. The van der Waals surface area contributed by atoms with Gasteiger partial charge in [0, 0.05) is 12.6 Å². The molecule has 0 aliphatic rings. The molecule has 5 nitrogen and oxygen atoms in total. The number of furan rings is 1. The largest absolute Gasteiger partial charge is 0.478 e. The molecule has 0 bridgehead atoms. The molecule has 1 atom stereocenters. The number of nitrogens with one attached hydrogen (secondary N) is 1. The van der Waals surface area contributed by atoms with Crippen LogP contribution in [0.15, 0.2) is 16.7 Å². The summed E-state index contributed by atoms with van der Waals surface area (Å²) in [6.45, 7) is 6.73. The number of carboxylic acid groups (broad SMARTS) is 1. The van der Waals surface area contributed by atoms with E-state index in [4.69, 9.17) is 9.52 Å². The van der Waals surface area contributed by atoms with E-state index in [9.17, 15) is 9.59 Å². The van der Waals surface area contributed by atoms with Gasteiger partial charge in [0.15, 0.2) is 5.76 Å². The molecule has 0 fully saturated rings. The van der Waals surface area contributed by atoms with Crippen LogP contribution in [0.3, 0.4) is 0 Å². The normalized spacial score (nSPS) is 12.5. The van der Waals surface area contributed by atoms with Crippen LogP contribution in [0.1, 0.15) is 41.7 Å². The lowest BCUT2D eigenvalue weighted by Gasteiger charge is -2.15. The highest BCUT2D eigenvalue weighted by atomic mass is 16.4. The number of hydrogen-bond acceptors (Lipinski definition) is 3. The van der Waals surface area contributed by atoms with Crippen molar-refractivity contribution in [1.29, 1.82) is 0 Å². The van der Waals surface area contributed by atoms with Crippen molar-refractivity contribution < 1.29 is 19.1 Å². The van der Waals surface area contributed by atoms with Crippen LogP contribution in [0.25, 0.3) is 0 Å². The molecule has 1 rings (SSSR count). The van der Waals surface area contributed by atoms with E-state index in [1.807, 2.05) is 6.92 Å². The molecule has 1 aromatic rings. The molecule has 0 radical (unpaired) electrons. The van der Waals surface area contributed by atoms with E-state index >= 15 is 0 Å². The van der Waals surface area contributed by atoms with E-state index in [1.54, 1.807) is 0 Å². The van der Waals surface area contributed by atoms with E-state index in [0.717, 1.165) is 6.26 Å².